The number of pyridine rings is 1. The van der Waals surface area contributed by atoms with E-state index in [9.17, 15) is 4.79 Å². The molecule has 1 aromatic heterocycles. The molecule has 1 atom stereocenters. The molecule has 4 nitrogen and oxygen atoms in total. The number of nitrogens with one attached hydrogen (secondary N) is 1. The number of carbonyl (C=O) groups excluding carboxylic acids is 1. The van der Waals surface area contributed by atoms with Gasteiger partial charge in [0.05, 0.1) is 11.9 Å². The van der Waals surface area contributed by atoms with Crippen LogP contribution in [0.2, 0.25) is 0 Å². The van der Waals surface area contributed by atoms with E-state index in [1.807, 2.05) is 26.1 Å². The number of anilines is 2. The summed E-state index contributed by atoms with van der Waals surface area (Å²) >= 11 is 0. The van der Waals surface area contributed by atoms with E-state index in [0.29, 0.717) is 11.9 Å². The van der Waals surface area contributed by atoms with Crippen LogP contribution in [0.5, 0.6) is 0 Å². The minimum Gasteiger partial charge on any atom is -0.367 e. The molecular weight excluding hydrogens is 274 g/mol. The maximum absolute atomic E-state index is 12.1. The van der Waals surface area contributed by atoms with Crippen LogP contribution < -0.4 is 10.2 Å². The van der Waals surface area contributed by atoms with Crippen LogP contribution in [0.15, 0.2) is 18.3 Å². The molecule has 1 unspecified atom stereocenters. The van der Waals surface area contributed by atoms with Crippen molar-refractivity contribution in [1.82, 2.24) is 4.98 Å². The number of aromatic nitrogens is 1. The topological polar surface area (TPSA) is 45.2 Å². The first-order chi connectivity index (χ1) is 10.7. The van der Waals surface area contributed by atoms with Crippen molar-refractivity contribution in [1.29, 1.82) is 0 Å². The summed E-state index contributed by atoms with van der Waals surface area (Å²) in [4.78, 5) is 19.0. The Morgan fingerprint density at radius 1 is 1.32 bits per heavy atom. The Kier molecular flexibility index (Phi) is 6.22. The van der Waals surface area contributed by atoms with E-state index in [-0.39, 0.29) is 11.8 Å². The zero-order valence-corrected chi connectivity index (χ0v) is 14.1. The van der Waals surface area contributed by atoms with Crippen LogP contribution in [0.1, 0.15) is 59.3 Å². The molecular formula is C18H29N3O. The van der Waals surface area contributed by atoms with Crippen molar-refractivity contribution in [2.24, 2.45) is 5.92 Å². The van der Waals surface area contributed by atoms with Gasteiger partial charge in [0, 0.05) is 18.5 Å². The van der Waals surface area contributed by atoms with Gasteiger partial charge in [-0.1, -0.05) is 20.8 Å². The zero-order chi connectivity index (χ0) is 15.9. The highest BCUT2D eigenvalue weighted by atomic mass is 16.1. The molecule has 2 rings (SSSR count). The lowest BCUT2D eigenvalue weighted by Gasteiger charge is -2.37. The van der Waals surface area contributed by atoms with E-state index in [0.717, 1.165) is 19.4 Å². The Morgan fingerprint density at radius 2 is 2.09 bits per heavy atom. The van der Waals surface area contributed by atoms with Crippen LogP contribution in [0.4, 0.5) is 11.5 Å². The molecule has 22 heavy (non-hydrogen) atoms. The molecule has 2 heterocycles. The first-order valence-electron chi connectivity index (χ1n) is 8.73. The molecule has 0 bridgehead atoms. The molecule has 0 radical (unpaired) electrons. The number of rotatable bonds is 6. The van der Waals surface area contributed by atoms with Crippen molar-refractivity contribution < 1.29 is 4.79 Å². The van der Waals surface area contributed by atoms with Crippen molar-refractivity contribution in [2.45, 2.75) is 65.3 Å². The predicted octanol–water partition coefficient (Wildman–Crippen LogP) is 4.23. The largest absolute Gasteiger partial charge is 0.367 e. The molecule has 4 heteroatoms. The Labute approximate surface area is 134 Å². The highest BCUT2D eigenvalue weighted by Crippen LogP contribution is 2.26. The van der Waals surface area contributed by atoms with Crippen LogP contribution in [-0.4, -0.2) is 23.5 Å². The number of hydrogen-bond donors (Lipinski definition) is 1. The Bertz CT molecular complexity index is 468. The molecule has 1 aliphatic heterocycles. The van der Waals surface area contributed by atoms with E-state index in [1.54, 1.807) is 0 Å². The summed E-state index contributed by atoms with van der Waals surface area (Å²) < 4.78 is 0. The molecule has 1 saturated heterocycles. The van der Waals surface area contributed by atoms with Gasteiger partial charge in [-0.25, -0.2) is 4.98 Å². The molecule has 0 spiro atoms. The summed E-state index contributed by atoms with van der Waals surface area (Å²) in [7, 11) is 0. The third kappa shape index (κ3) is 3.99. The smallest absolute Gasteiger partial charge is 0.228 e. The summed E-state index contributed by atoms with van der Waals surface area (Å²) in [5.41, 5.74) is 1.17. The average Bonchev–Trinajstić information content (AvgIpc) is 2.56. The second kappa shape index (κ2) is 8.16. The van der Waals surface area contributed by atoms with Gasteiger partial charge in [-0.3, -0.25) is 4.79 Å². The summed E-state index contributed by atoms with van der Waals surface area (Å²) in [6.45, 7) is 7.46. The summed E-state index contributed by atoms with van der Waals surface area (Å²) in [5.74, 6) is 0.813. The Morgan fingerprint density at radius 3 is 2.68 bits per heavy atom. The molecule has 1 fully saturated rings. The summed E-state index contributed by atoms with van der Waals surface area (Å²) in [6, 6.07) is 4.64. The fourth-order valence-corrected chi connectivity index (χ4v) is 3.28. The van der Waals surface area contributed by atoms with E-state index < -0.39 is 0 Å². The Hall–Kier alpha value is -1.58. The number of amides is 1. The first-order valence-corrected chi connectivity index (χ1v) is 8.73. The number of carbonyl (C=O) groups is 1. The fraction of sp³-hybridized carbons (Fsp3) is 0.667. The van der Waals surface area contributed by atoms with Gasteiger partial charge in [0.2, 0.25) is 5.91 Å². The Balaban J connectivity index is 2.02. The van der Waals surface area contributed by atoms with Gasteiger partial charge in [-0.15, -0.1) is 0 Å². The van der Waals surface area contributed by atoms with Crippen LogP contribution in [0, 0.1) is 5.92 Å². The maximum Gasteiger partial charge on any atom is 0.228 e. The second-order valence-electron chi connectivity index (χ2n) is 6.16. The normalized spacial score (nSPS) is 18.5. The summed E-state index contributed by atoms with van der Waals surface area (Å²) in [5, 5.41) is 2.93. The quantitative estimate of drug-likeness (QED) is 0.855. The average molecular weight is 303 g/mol. The molecule has 0 saturated carbocycles. The van der Waals surface area contributed by atoms with E-state index in [4.69, 9.17) is 0 Å². The van der Waals surface area contributed by atoms with Gasteiger partial charge >= 0.3 is 0 Å². The van der Waals surface area contributed by atoms with Crippen molar-refractivity contribution in [2.75, 3.05) is 16.8 Å². The van der Waals surface area contributed by atoms with Crippen LogP contribution in [0.25, 0.3) is 0 Å². The van der Waals surface area contributed by atoms with E-state index in [2.05, 4.69) is 28.2 Å². The molecule has 0 aromatic carbocycles. The summed E-state index contributed by atoms with van der Waals surface area (Å²) in [6.07, 6.45) is 8.65. The first kappa shape index (κ1) is 16.8. The van der Waals surface area contributed by atoms with E-state index in [1.165, 1.54) is 31.4 Å². The van der Waals surface area contributed by atoms with Crippen molar-refractivity contribution in [3.8, 4) is 0 Å². The van der Waals surface area contributed by atoms with Crippen LogP contribution >= 0.6 is 0 Å². The molecule has 0 aliphatic carbocycles. The fourth-order valence-electron chi connectivity index (χ4n) is 3.28. The minimum atomic E-state index is 0.0769. The maximum atomic E-state index is 12.1. The standard InChI is InChI=1S/C18H29N3O/c1-4-14(5-2)18(22)20-17-11-10-16(13-19-17)21-12-8-7-9-15(21)6-3/h10-11,13-15H,4-9,12H2,1-3H3,(H,19,20,22). The number of nitrogens with zero attached hydrogens (tertiary/aromatic N) is 2. The second-order valence-corrected chi connectivity index (χ2v) is 6.16. The van der Waals surface area contributed by atoms with Gasteiger partial charge in [-0.05, 0) is 50.7 Å². The number of hydrogen-bond acceptors (Lipinski definition) is 3. The SMILES string of the molecule is CCC(CC)C(=O)Nc1ccc(N2CCCCC2CC)cn1. The third-order valence-electron chi connectivity index (χ3n) is 4.79. The molecule has 1 N–H and O–H groups in total. The molecule has 1 aromatic rings. The highest BCUT2D eigenvalue weighted by molar-refractivity contribution is 5.91. The van der Waals surface area contributed by atoms with Crippen LogP contribution in [-0.2, 0) is 4.79 Å². The lowest BCUT2D eigenvalue weighted by atomic mass is 9.99. The van der Waals surface area contributed by atoms with Gasteiger partial charge < -0.3 is 10.2 Å². The van der Waals surface area contributed by atoms with Crippen molar-refractivity contribution in [3.05, 3.63) is 18.3 Å². The lowest BCUT2D eigenvalue weighted by molar-refractivity contribution is -0.120. The van der Waals surface area contributed by atoms with Gasteiger partial charge in [0.25, 0.3) is 0 Å². The van der Waals surface area contributed by atoms with Gasteiger partial charge in [-0.2, -0.15) is 0 Å². The lowest BCUT2D eigenvalue weighted by Crippen LogP contribution is -2.39. The minimum absolute atomic E-state index is 0.0769. The molecule has 1 aliphatic rings. The number of piperidine rings is 1. The van der Waals surface area contributed by atoms with Crippen molar-refractivity contribution in [3.63, 3.8) is 0 Å². The molecule has 1 amide bonds. The van der Waals surface area contributed by atoms with E-state index >= 15 is 0 Å². The van der Waals surface area contributed by atoms with Crippen molar-refractivity contribution >= 4 is 17.4 Å². The highest BCUT2D eigenvalue weighted by Gasteiger charge is 2.21. The zero-order valence-electron chi connectivity index (χ0n) is 14.1. The van der Waals surface area contributed by atoms with Gasteiger partial charge in [0.15, 0.2) is 0 Å². The predicted molar refractivity (Wildman–Crippen MR) is 92.2 cm³/mol. The van der Waals surface area contributed by atoms with Crippen LogP contribution in [0.3, 0.4) is 0 Å². The monoisotopic (exact) mass is 303 g/mol. The third-order valence-corrected chi connectivity index (χ3v) is 4.79. The van der Waals surface area contributed by atoms with Gasteiger partial charge in [0.1, 0.15) is 5.82 Å². The molecule has 122 valence electrons.